The Kier molecular flexibility index (Phi) is 7.22. The van der Waals surface area contributed by atoms with Gasteiger partial charge < -0.3 is 0 Å². The molecule has 1 aromatic carbocycles. The lowest BCUT2D eigenvalue weighted by atomic mass is 9.81. The molecule has 130 valence electrons. The van der Waals surface area contributed by atoms with E-state index in [0.717, 1.165) is 23.3 Å². The van der Waals surface area contributed by atoms with Gasteiger partial charge in [-0.2, -0.15) is 5.26 Å². The summed E-state index contributed by atoms with van der Waals surface area (Å²) in [7, 11) is 0. The number of rotatable bonds is 2. The lowest BCUT2D eigenvalue weighted by Gasteiger charge is -2.29. The molecule has 1 atom stereocenters. The van der Waals surface area contributed by atoms with Gasteiger partial charge in [-0.15, -0.1) is 0 Å². The molecule has 1 aliphatic carbocycles. The average molecular weight is 326 g/mol. The van der Waals surface area contributed by atoms with Crippen LogP contribution < -0.4 is 0 Å². The summed E-state index contributed by atoms with van der Waals surface area (Å²) in [6, 6.07) is 10.4. The zero-order valence-corrected chi connectivity index (χ0v) is 16.2. The van der Waals surface area contributed by atoms with E-state index in [9.17, 15) is 0 Å². The second kappa shape index (κ2) is 8.68. The molecule has 0 fully saturated rings. The summed E-state index contributed by atoms with van der Waals surface area (Å²) in [5.74, 6) is 1.45. The van der Waals surface area contributed by atoms with Crippen LogP contribution in [0.2, 0.25) is 0 Å². The van der Waals surface area contributed by atoms with Crippen molar-refractivity contribution in [1.29, 1.82) is 5.26 Å². The Morgan fingerprint density at radius 1 is 1.21 bits per heavy atom. The molecular weight excluding hydrogens is 294 g/mol. The Morgan fingerprint density at radius 2 is 1.83 bits per heavy atom. The molecule has 24 heavy (non-hydrogen) atoms. The Morgan fingerprint density at radius 3 is 2.38 bits per heavy atom. The first-order chi connectivity index (χ1) is 11.6. The van der Waals surface area contributed by atoms with Crippen molar-refractivity contribution in [2.24, 2.45) is 11.3 Å². The molecule has 0 amide bonds. The van der Waals surface area contributed by atoms with Crippen LogP contribution in [0.25, 0.3) is 16.7 Å². The highest BCUT2D eigenvalue weighted by molar-refractivity contribution is 5.81. The molecule has 1 unspecified atom stereocenters. The summed E-state index contributed by atoms with van der Waals surface area (Å²) >= 11 is 0. The average Bonchev–Trinajstić information content (AvgIpc) is 3.09. The molecule has 0 spiro atoms. The van der Waals surface area contributed by atoms with Crippen molar-refractivity contribution in [3.63, 3.8) is 0 Å². The molecule has 2 aromatic rings. The number of para-hydroxylation sites is 2. The van der Waals surface area contributed by atoms with Gasteiger partial charge in [-0.25, -0.2) is 4.98 Å². The molecule has 1 aliphatic rings. The first-order valence-corrected chi connectivity index (χ1v) is 9.10. The number of nitriles is 1. The van der Waals surface area contributed by atoms with E-state index < -0.39 is 0 Å². The van der Waals surface area contributed by atoms with E-state index in [1.165, 1.54) is 5.70 Å². The van der Waals surface area contributed by atoms with Gasteiger partial charge in [0.1, 0.15) is 5.82 Å². The zero-order valence-electron chi connectivity index (χ0n) is 16.2. The van der Waals surface area contributed by atoms with Gasteiger partial charge in [0.25, 0.3) is 0 Å². The van der Waals surface area contributed by atoms with Gasteiger partial charge in [0.2, 0.25) is 0 Å². The van der Waals surface area contributed by atoms with E-state index in [0.29, 0.717) is 12.3 Å². The molecule has 0 saturated heterocycles. The number of hydrogen-bond donors (Lipinski definition) is 0. The maximum Gasteiger partial charge on any atom is 0.128 e. The number of hydrogen-bond acceptors (Lipinski definition) is 2. The summed E-state index contributed by atoms with van der Waals surface area (Å²) in [6.45, 7) is 14.8. The van der Waals surface area contributed by atoms with Crippen molar-refractivity contribution >= 4 is 16.7 Å². The Balaban J connectivity index is 0.000000671. The third-order valence-corrected chi connectivity index (χ3v) is 4.67. The summed E-state index contributed by atoms with van der Waals surface area (Å²) in [6.07, 6.45) is 3.73. The predicted octanol–water partition coefficient (Wildman–Crippen LogP) is 6.06. The van der Waals surface area contributed by atoms with Crippen LogP contribution >= 0.6 is 0 Å². The minimum absolute atomic E-state index is 0.105. The molecule has 1 heterocycles. The highest BCUT2D eigenvalue weighted by Gasteiger charge is 2.36. The largest absolute Gasteiger partial charge is 0.299 e. The lowest BCUT2D eigenvalue weighted by molar-refractivity contribution is 0.338. The van der Waals surface area contributed by atoms with Crippen molar-refractivity contribution in [2.45, 2.75) is 61.3 Å². The van der Waals surface area contributed by atoms with E-state index in [1.807, 2.05) is 45.9 Å². The van der Waals surface area contributed by atoms with E-state index in [1.54, 1.807) is 0 Å². The van der Waals surface area contributed by atoms with Crippen LogP contribution in [0.1, 0.15) is 60.7 Å². The molecule has 3 rings (SSSR count). The van der Waals surface area contributed by atoms with Crippen LogP contribution in [0.15, 0.2) is 30.3 Å². The topological polar surface area (TPSA) is 41.6 Å². The third-order valence-electron chi connectivity index (χ3n) is 4.67. The minimum Gasteiger partial charge on any atom is -0.299 e. The van der Waals surface area contributed by atoms with Crippen molar-refractivity contribution in [3.05, 3.63) is 36.2 Å². The van der Waals surface area contributed by atoms with Gasteiger partial charge in [0.15, 0.2) is 0 Å². The lowest BCUT2D eigenvalue weighted by Crippen LogP contribution is -2.22. The minimum atomic E-state index is 0.105. The molecule has 0 aliphatic heterocycles. The molecule has 0 N–H and O–H groups in total. The number of aromatic nitrogens is 2. The smallest absolute Gasteiger partial charge is 0.128 e. The maximum absolute atomic E-state index is 9.07. The van der Waals surface area contributed by atoms with Gasteiger partial charge >= 0.3 is 0 Å². The fourth-order valence-electron chi connectivity index (χ4n) is 3.01. The summed E-state index contributed by atoms with van der Waals surface area (Å²) in [5.41, 5.74) is 3.46. The Hall–Kier alpha value is -2.08. The third kappa shape index (κ3) is 3.53. The number of allylic oxidation sites excluding steroid dienone is 2. The van der Waals surface area contributed by atoms with Crippen molar-refractivity contribution in [2.75, 3.05) is 0 Å². The summed E-state index contributed by atoms with van der Waals surface area (Å²) in [5, 5.41) is 9.07. The van der Waals surface area contributed by atoms with Crippen LogP contribution in [0.4, 0.5) is 0 Å². The quantitative estimate of drug-likeness (QED) is 0.673. The molecule has 3 nitrogen and oxygen atoms in total. The fraction of sp³-hybridized carbons (Fsp3) is 0.524. The van der Waals surface area contributed by atoms with E-state index in [4.69, 9.17) is 5.26 Å². The monoisotopic (exact) mass is 325 g/mol. The van der Waals surface area contributed by atoms with Gasteiger partial charge in [-0.1, -0.05) is 66.7 Å². The first-order valence-electron chi connectivity index (χ1n) is 9.10. The van der Waals surface area contributed by atoms with Crippen LogP contribution in [-0.2, 0) is 6.42 Å². The Bertz CT molecular complexity index is 729. The van der Waals surface area contributed by atoms with Gasteiger partial charge in [-0.05, 0) is 24.5 Å². The first kappa shape index (κ1) is 20.0. The summed E-state index contributed by atoms with van der Waals surface area (Å²) < 4.78 is 2.20. The molecular formula is C21H31N3. The molecule has 0 saturated carbocycles. The van der Waals surface area contributed by atoms with E-state index >= 15 is 0 Å². The highest BCUT2D eigenvalue weighted by Crippen LogP contribution is 2.46. The maximum atomic E-state index is 9.07. The number of nitrogens with zero attached hydrogens (tertiary/aromatic N) is 3. The van der Waals surface area contributed by atoms with Crippen LogP contribution in [0.5, 0.6) is 0 Å². The van der Waals surface area contributed by atoms with Gasteiger partial charge in [0.05, 0.1) is 23.5 Å². The van der Waals surface area contributed by atoms with E-state index in [-0.39, 0.29) is 5.41 Å². The number of imidazole rings is 1. The van der Waals surface area contributed by atoms with Crippen LogP contribution in [-0.4, -0.2) is 9.55 Å². The highest BCUT2D eigenvalue weighted by atomic mass is 15.1. The zero-order chi connectivity index (χ0) is 18.3. The molecule has 1 aromatic heterocycles. The van der Waals surface area contributed by atoms with Gasteiger partial charge in [-0.3, -0.25) is 4.57 Å². The second-order valence-electron chi connectivity index (χ2n) is 6.13. The number of benzene rings is 1. The Labute approximate surface area is 147 Å². The van der Waals surface area contributed by atoms with Crippen molar-refractivity contribution in [1.82, 2.24) is 9.55 Å². The SMILES string of the molecule is CC.CC.CC1CC=C(n2c(CC#N)nc3ccccc32)C1(C)C. The van der Waals surface area contributed by atoms with Crippen LogP contribution in [0.3, 0.4) is 0 Å². The van der Waals surface area contributed by atoms with Crippen molar-refractivity contribution in [3.8, 4) is 6.07 Å². The number of fused-ring (bicyclic) bond motifs is 1. The van der Waals surface area contributed by atoms with Gasteiger partial charge in [0, 0.05) is 11.1 Å². The molecule has 3 heteroatoms. The normalized spacial score (nSPS) is 17.9. The van der Waals surface area contributed by atoms with Crippen LogP contribution in [0, 0.1) is 22.7 Å². The predicted molar refractivity (Wildman–Crippen MR) is 104 cm³/mol. The molecule has 0 radical (unpaired) electrons. The van der Waals surface area contributed by atoms with E-state index in [2.05, 4.69) is 48.5 Å². The fourth-order valence-corrected chi connectivity index (χ4v) is 3.01. The second-order valence-corrected chi connectivity index (χ2v) is 6.13. The standard InChI is InChI=1S/C17H19N3.2C2H6/c1-12-8-9-15(17(12,2)3)20-14-7-5-4-6-13(14)19-16(20)10-11-18;2*1-2/h4-7,9,12H,8,10H2,1-3H3;2*1-2H3. The summed E-state index contributed by atoms with van der Waals surface area (Å²) in [4.78, 5) is 4.64. The van der Waals surface area contributed by atoms with Crippen molar-refractivity contribution < 1.29 is 0 Å². The molecule has 0 bridgehead atoms.